The summed E-state index contributed by atoms with van der Waals surface area (Å²) in [6.45, 7) is -0.230. The minimum atomic E-state index is -3.99. The number of nitrogens with zero attached hydrogens (tertiary/aromatic N) is 2. The third-order valence-electron chi connectivity index (χ3n) is 2.81. The Hall–Kier alpha value is -1.03. The molecule has 0 saturated carbocycles. The second-order valence-corrected chi connectivity index (χ2v) is 6.96. The van der Waals surface area contributed by atoms with Crippen LogP contribution in [0.3, 0.4) is 0 Å². The molecule has 0 aliphatic carbocycles. The second kappa shape index (κ2) is 5.16. The quantitative estimate of drug-likeness (QED) is 0.797. The van der Waals surface area contributed by atoms with Crippen LogP contribution in [0.5, 0.6) is 0 Å². The van der Waals surface area contributed by atoms with E-state index in [-0.39, 0.29) is 17.9 Å². The van der Waals surface area contributed by atoms with Crippen LogP contribution in [0.1, 0.15) is 6.42 Å². The number of carboxylic acids is 1. The van der Waals surface area contributed by atoms with E-state index in [1.165, 1.54) is 12.3 Å². The van der Waals surface area contributed by atoms with Gasteiger partial charge in [0.1, 0.15) is 10.9 Å². The largest absolute Gasteiger partial charge is 0.480 e. The maximum Gasteiger partial charge on any atom is 0.322 e. The summed E-state index contributed by atoms with van der Waals surface area (Å²) < 4.78 is 25.9. The van der Waals surface area contributed by atoms with Crippen LogP contribution in [0.15, 0.2) is 27.8 Å². The van der Waals surface area contributed by atoms with E-state index >= 15 is 0 Å². The molecule has 0 radical (unpaired) electrons. The number of halogens is 1. The highest BCUT2D eigenvalue weighted by Crippen LogP contribution is 2.27. The Morgan fingerprint density at radius 3 is 2.74 bits per heavy atom. The molecule has 2 atom stereocenters. The maximum atomic E-state index is 12.3. The van der Waals surface area contributed by atoms with Crippen LogP contribution in [0.4, 0.5) is 0 Å². The van der Waals surface area contributed by atoms with Crippen LogP contribution in [0.25, 0.3) is 0 Å². The maximum absolute atomic E-state index is 12.3. The Bertz CT molecular complexity index is 606. The average Bonchev–Trinajstić information content (AvgIpc) is 2.72. The van der Waals surface area contributed by atoms with Crippen molar-refractivity contribution in [2.45, 2.75) is 23.5 Å². The number of hydrogen-bond acceptors (Lipinski definition) is 5. The van der Waals surface area contributed by atoms with Gasteiger partial charge in [0, 0.05) is 29.8 Å². The number of aromatic nitrogens is 1. The first-order valence-electron chi connectivity index (χ1n) is 5.35. The van der Waals surface area contributed by atoms with Crippen LogP contribution >= 0.6 is 15.9 Å². The minimum Gasteiger partial charge on any atom is -0.480 e. The molecule has 1 aliphatic rings. The number of aliphatic hydroxyl groups excluding tert-OH is 1. The van der Waals surface area contributed by atoms with Gasteiger partial charge < -0.3 is 10.2 Å². The number of sulfonamides is 1. The molecular formula is C10H11BrN2O5S. The summed E-state index contributed by atoms with van der Waals surface area (Å²) in [4.78, 5) is 14.7. The molecule has 0 amide bonds. The zero-order valence-electron chi connectivity index (χ0n) is 9.60. The van der Waals surface area contributed by atoms with Crippen molar-refractivity contribution in [3.05, 3.63) is 22.9 Å². The van der Waals surface area contributed by atoms with Gasteiger partial charge in [0.05, 0.1) is 6.10 Å². The van der Waals surface area contributed by atoms with Crippen LogP contribution in [0, 0.1) is 0 Å². The van der Waals surface area contributed by atoms with E-state index in [0.29, 0.717) is 4.47 Å². The van der Waals surface area contributed by atoms with Crippen LogP contribution < -0.4 is 0 Å². The van der Waals surface area contributed by atoms with Gasteiger partial charge in [-0.2, -0.15) is 4.31 Å². The number of carboxylic acid groups (broad SMARTS) is 1. The first-order valence-corrected chi connectivity index (χ1v) is 7.59. The van der Waals surface area contributed by atoms with E-state index in [2.05, 4.69) is 20.9 Å². The molecule has 104 valence electrons. The Labute approximate surface area is 118 Å². The lowest BCUT2D eigenvalue weighted by atomic mass is 10.2. The summed E-state index contributed by atoms with van der Waals surface area (Å²) in [7, 11) is -3.99. The lowest BCUT2D eigenvalue weighted by molar-refractivity contribution is -0.140. The molecule has 0 bridgehead atoms. The van der Waals surface area contributed by atoms with Gasteiger partial charge in [0.25, 0.3) is 0 Å². The van der Waals surface area contributed by atoms with Gasteiger partial charge in [-0.25, -0.2) is 8.42 Å². The van der Waals surface area contributed by atoms with Crippen molar-refractivity contribution in [2.24, 2.45) is 0 Å². The zero-order valence-corrected chi connectivity index (χ0v) is 12.0. The summed E-state index contributed by atoms with van der Waals surface area (Å²) in [5.41, 5.74) is 0. The van der Waals surface area contributed by atoms with Crippen molar-refractivity contribution in [3.8, 4) is 0 Å². The highest BCUT2D eigenvalue weighted by Gasteiger charge is 2.43. The normalized spacial score (nSPS) is 24.5. The fourth-order valence-electron chi connectivity index (χ4n) is 1.94. The molecule has 2 rings (SSSR count). The second-order valence-electron chi connectivity index (χ2n) is 4.16. The molecule has 7 nitrogen and oxygen atoms in total. The van der Waals surface area contributed by atoms with Crippen molar-refractivity contribution >= 4 is 31.9 Å². The number of hydrogen-bond donors (Lipinski definition) is 2. The first-order chi connectivity index (χ1) is 8.82. The molecule has 1 aromatic rings. The van der Waals surface area contributed by atoms with Gasteiger partial charge in [-0.1, -0.05) is 0 Å². The fourth-order valence-corrected chi connectivity index (χ4v) is 4.08. The summed E-state index contributed by atoms with van der Waals surface area (Å²) in [6.07, 6.45) is 1.47. The Morgan fingerprint density at radius 1 is 1.47 bits per heavy atom. The summed E-state index contributed by atoms with van der Waals surface area (Å²) in [6, 6.07) is 0.0883. The smallest absolute Gasteiger partial charge is 0.322 e. The van der Waals surface area contributed by atoms with Crippen LogP contribution in [-0.4, -0.2) is 52.6 Å². The predicted molar refractivity (Wildman–Crippen MR) is 67.9 cm³/mol. The zero-order chi connectivity index (χ0) is 14.2. The molecule has 2 N–H and O–H groups in total. The number of aliphatic hydroxyl groups is 1. The highest BCUT2D eigenvalue weighted by molar-refractivity contribution is 9.10. The number of aliphatic carboxylic acids is 1. The Morgan fingerprint density at radius 2 is 2.16 bits per heavy atom. The van der Waals surface area contributed by atoms with Crippen molar-refractivity contribution in [3.63, 3.8) is 0 Å². The Kier molecular flexibility index (Phi) is 3.90. The van der Waals surface area contributed by atoms with Gasteiger partial charge in [-0.15, -0.1) is 0 Å². The van der Waals surface area contributed by atoms with Crippen molar-refractivity contribution in [2.75, 3.05) is 6.54 Å². The molecule has 2 heterocycles. The molecule has 0 spiro atoms. The fraction of sp³-hybridized carbons (Fsp3) is 0.400. The number of β-amino-alcohol motifs (C(OH)–C–C–N with tert-alkyl or cyclic N) is 1. The third-order valence-corrected chi connectivity index (χ3v) is 5.08. The van der Waals surface area contributed by atoms with Gasteiger partial charge in [0.2, 0.25) is 10.0 Å². The molecule has 1 fully saturated rings. The average molecular weight is 351 g/mol. The van der Waals surface area contributed by atoms with E-state index < -0.39 is 28.1 Å². The number of pyridine rings is 1. The molecule has 1 aliphatic heterocycles. The van der Waals surface area contributed by atoms with Gasteiger partial charge in [-0.3, -0.25) is 9.78 Å². The van der Waals surface area contributed by atoms with Crippen molar-refractivity contribution < 1.29 is 23.4 Å². The van der Waals surface area contributed by atoms with Crippen LogP contribution in [-0.2, 0) is 14.8 Å². The van der Waals surface area contributed by atoms with E-state index in [0.717, 1.165) is 10.5 Å². The SMILES string of the molecule is O=C(O)[C@@H]1C[C@H](O)CN1S(=O)(=O)c1cncc(Br)c1. The molecule has 0 aromatic carbocycles. The molecular weight excluding hydrogens is 340 g/mol. The van der Waals surface area contributed by atoms with Crippen LogP contribution in [0.2, 0.25) is 0 Å². The molecule has 1 aromatic heterocycles. The Balaban J connectivity index is 2.41. The first kappa shape index (κ1) is 14.4. The van der Waals surface area contributed by atoms with Crippen molar-refractivity contribution in [1.82, 2.24) is 9.29 Å². The van der Waals surface area contributed by atoms with Gasteiger partial charge in [-0.05, 0) is 22.0 Å². The standard InChI is InChI=1S/C10H11BrN2O5S/c11-6-1-8(4-12-3-6)19(17,18)13-5-7(14)2-9(13)10(15)16/h1,3-4,7,9,14H,2,5H2,(H,15,16)/t7-,9-/m0/s1. The molecule has 0 unspecified atom stereocenters. The lowest BCUT2D eigenvalue weighted by Gasteiger charge is -2.20. The van der Waals surface area contributed by atoms with E-state index in [4.69, 9.17) is 5.11 Å². The van der Waals surface area contributed by atoms with Gasteiger partial charge >= 0.3 is 5.97 Å². The molecule has 9 heteroatoms. The van der Waals surface area contributed by atoms with Gasteiger partial charge in [0.15, 0.2) is 0 Å². The number of carbonyl (C=O) groups is 1. The monoisotopic (exact) mass is 350 g/mol. The summed E-state index contributed by atoms with van der Waals surface area (Å²) in [5, 5.41) is 18.5. The number of rotatable bonds is 3. The summed E-state index contributed by atoms with van der Waals surface area (Å²) in [5.74, 6) is -1.27. The molecule has 1 saturated heterocycles. The lowest BCUT2D eigenvalue weighted by Crippen LogP contribution is -2.40. The van der Waals surface area contributed by atoms with E-state index in [9.17, 15) is 18.3 Å². The minimum absolute atomic E-state index is 0.109. The van der Waals surface area contributed by atoms with E-state index in [1.54, 1.807) is 0 Å². The highest BCUT2D eigenvalue weighted by atomic mass is 79.9. The van der Waals surface area contributed by atoms with E-state index in [1.807, 2.05) is 0 Å². The van der Waals surface area contributed by atoms with Crippen molar-refractivity contribution in [1.29, 1.82) is 0 Å². The topological polar surface area (TPSA) is 108 Å². The summed E-state index contributed by atoms with van der Waals surface area (Å²) >= 11 is 3.11. The molecule has 19 heavy (non-hydrogen) atoms. The predicted octanol–water partition coefficient (Wildman–Crippen LogP) is 0.0526. The third kappa shape index (κ3) is 2.78.